The Morgan fingerprint density at radius 2 is 1.60 bits per heavy atom. The van der Waals surface area contributed by atoms with E-state index in [4.69, 9.17) is 9.47 Å². The number of carbonyl (C=O) groups excluding carboxylic acids is 1. The zero-order valence-corrected chi connectivity index (χ0v) is 17.4. The highest BCUT2D eigenvalue weighted by Crippen LogP contribution is 2.23. The number of benzene rings is 2. The molecule has 3 rings (SSSR count). The third kappa shape index (κ3) is 4.71. The van der Waals surface area contributed by atoms with Crippen molar-refractivity contribution in [3.05, 3.63) is 54.1 Å². The van der Waals surface area contributed by atoms with Crippen LogP contribution in [0.5, 0.6) is 11.5 Å². The number of methoxy groups -OCH3 is 1. The number of ether oxygens (including phenoxy) is 2. The van der Waals surface area contributed by atoms with Crippen molar-refractivity contribution >= 4 is 15.9 Å². The molecule has 1 aliphatic rings. The van der Waals surface area contributed by atoms with Crippen LogP contribution in [-0.4, -0.2) is 62.9 Å². The minimum absolute atomic E-state index is 0.0285. The summed E-state index contributed by atoms with van der Waals surface area (Å²) in [5, 5.41) is 0. The van der Waals surface area contributed by atoms with E-state index in [0.717, 1.165) is 16.4 Å². The molecule has 1 heterocycles. The van der Waals surface area contributed by atoms with Crippen LogP contribution in [0.1, 0.15) is 6.92 Å². The Morgan fingerprint density at radius 3 is 2.20 bits per heavy atom. The van der Waals surface area contributed by atoms with Gasteiger partial charge in [0.05, 0.1) is 7.11 Å². The molecule has 1 aliphatic heterocycles. The first-order valence-corrected chi connectivity index (χ1v) is 10.7. The largest absolute Gasteiger partial charge is 0.497 e. The average molecular weight is 440 g/mol. The topological polar surface area (TPSA) is 76.2 Å². The second-order valence-electron chi connectivity index (χ2n) is 6.74. The van der Waals surface area contributed by atoms with Crippen LogP contribution >= 0.6 is 0 Å². The lowest BCUT2D eigenvalue weighted by molar-refractivity contribution is -0.139. The molecule has 1 saturated heterocycles. The van der Waals surface area contributed by atoms with Gasteiger partial charge in [-0.15, -0.1) is 0 Å². The van der Waals surface area contributed by atoms with Crippen LogP contribution in [-0.2, 0) is 14.8 Å². The predicted molar refractivity (Wildman–Crippen MR) is 105 cm³/mol. The zero-order chi connectivity index (χ0) is 21.9. The van der Waals surface area contributed by atoms with Gasteiger partial charge in [-0.3, -0.25) is 4.79 Å². The van der Waals surface area contributed by atoms with E-state index in [1.807, 2.05) is 0 Å². The second-order valence-corrected chi connectivity index (χ2v) is 8.65. The molecule has 0 saturated carbocycles. The van der Waals surface area contributed by atoms with Gasteiger partial charge in [-0.25, -0.2) is 17.2 Å². The van der Waals surface area contributed by atoms with Crippen LogP contribution in [0.4, 0.5) is 8.78 Å². The van der Waals surface area contributed by atoms with E-state index in [-0.39, 0.29) is 32.1 Å². The molecule has 1 atom stereocenters. The summed E-state index contributed by atoms with van der Waals surface area (Å²) >= 11 is 0. The normalized spacial score (nSPS) is 16.2. The van der Waals surface area contributed by atoms with Gasteiger partial charge in [0.2, 0.25) is 10.0 Å². The zero-order valence-electron chi connectivity index (χ0n) is 16.5. The van der Waals surface area contributed by atoms with E-state index in [0.29, 0.717) is 17.6 Å². The number of sulfonamides is 1. The van der Waals surface area contributed by atoms with Gasteiger partial charge in [0, 0.05) is 26.2 Å². The van der Waals surface area contributed by atoms with E-state index in [9.17, 15) is 22.0 Å². The molecule has 10 heteroatoms. The summed E-state index contributed by atoms with van der Waals surface area (Å²) in [6.07, 6.45) is -0.776. The summed E-state index contributed by atoms with van der Waals surface area (Å²) < 4.78 is 64.4. The van der Waals surface area contributed by atoms with E-state index in [1.54, 1.807) is 38.3 Å². The molecule has 1 fully saturated rings. The summed E-state index contributed by atoms with van der Waals surface area (Å²) in [7, 11) is -2.66. The van der Waals surface area contributed by atoms with Gasteiger partial charge in [-0.1, -0.05) is 0 Å². The summed E-state index contributed by atoms with van der Waals surface area (Å²) in [6.45, 7) is 1.78. The van der Waals surface area contributed by atoms with Crippen LogP contribution in [0.3, 0.4) is 0 Å². The minimum Gasteiger partial charge on any atom is -0.497 e. The lowest BCUT2D eigenvalue weighted by atomic mass is 10.2. The Morgan fingerprint density at radius 1 is 1.00 bits per heavy atom. The molecule has 1 unspecified atom stereocenters. The molecule has 0 N–H and O–H groups in total. The van der Waals surface area contributed by atoms with Gasteiger partial charge in [0.15, 0.2) is 6.10 Å². The van der Waals surface area contributed by atoms with Gasteiger partial charge in [0.25, 0.3) is 5.91 Å². The van der Waals surface area contributed by atoms with Crippen molar-refractivity contribution in [3.8, 4) is 11.5 Å². The number of carbonyl (C=O) groups is 1. The summed E-state index contributed by atoms with van der Waals surface area (Å²) in [6, 6.07) is 9.08. The van der Waals surface area contributed by atoms with E-state index in [1.165, 1.54) is 4.90 Å². The first-order chi connectivity index (χ1) is 14.2. The summed E-state index contributed by atoms with van der Waals surface area (Å²) in [4.78, 5) is 13.4. The average Bonchev–Trinajstić information content (AvgIpc) is 2.75. The summed E-state index contributed by atoms with van der Waals surface area (Å²) in [5.41, 5.74) is 0. The second kappa shape index (κ2) is 8.97. The molecule has 2 aromatic carbocycles. The van der Waals surface area contributed by atoms with Gasteiger partial charge in [-0.2, -0.15) is 4.31 Å². The van der Waals surface area contributed by atoms with Crippen molar-refractivity contribution in [2.75, 3.05) is 33.3 Å². The highest BCUT2D eigenvalue weighted by Gasteiger charge is 2.33. The quantitative estimate of drug-likeness (QED) is 0.689. The molecule has 0 bridgehead atoms. The molecule has 0 aromatic heterocycles. The molecule has 0 aliphatic carbocycles. The monoisotopic (exact) mass is 440 g/mol. The SMILES string of the molecule is COc1ccc(OC(C)C(=O)N2CCN(S(=O)(=O)c3cc(F)ccc3F)CC2)cc1. The number of hydrogen-bond acceptors (Lipinski definition) is 5. The van der Waals surface area contributed by atoms with Crippen molar-refractivity contribution in [2.45, 2.75) is 17.9 Å². The number of rotatable bonds is 6. The number of amides is 1. The molecule has 2 aromatic rings. The van der Waals surface area contributed by atoms with Crippen molar-refractivity contribution in [1.29, 1.82) is 0 Å². The van der Waals surface area contributed by atoms with Crippen molar-refractivity contribution in [2.24, 2.45) is 0 Å². The molecule has 1 amide bonds. The molecule has 0 spiro atoms. The van der Waals surface area contributed by atoms with Crippen LogP contribution in [0.2, 0.25) is 0 Å². The Labute approximate surface area is 173 Å². The molecule has 162 valence electrons. The van der Waals surface area contributed by atoms with Gasteiger partial charge in [0.1, 0.15) is 28.0 Å². The predicted octanol–water partition coefficient (Wildman–Crippen LogP) is 2.27. The molecular weight excluding hydrogens is 418 g/mol. The smallest absolute Gasteiger partial charge is 0.263 e. The molecule has 0 radical (unpaired) electrons. The maximum Gasteiger partial charge on any atom is 0.263 e. The maximum absolute atomic E-state index is 13.9. The Balaban J connectivity index is 1.61. The van der Waals surface area contributed by atoms with Crippen molar-refractivity contribution < 1.29 is 31.5 Å². The standard InChI is InChI=1S/C20H22F2N2O5S/c1-14(29-17-6-4-16(28-2)5-7-17)20(25)23-9-11-24(12-10-23)30(26,27)19-13-15(21)3-8-18(19)22/h3-8,13-14H,9-12H2,1-2H3. The maximum atomic E-state index is 13.9. The van der Waals surface area contributed by atoms with E-state index >= 15 is 0 Å². The lowest BCUT2D eigenvalue weighted by Crippen LogP contribution is -2.53. The van der Waals surface area contributed by atoms with Gasteiger partial charge >= 0.3 is 0 Å². The molecular formula is C20H22F2N2O5S. The lowest BCUT2D eigenvalue weighted by Gasteiger charge is -2.35. The first kappa shape index (κ1) is 22.0. The van der Waals surface area contributed by atoms with E-state index in [2.05, 4.69) is 0 Å². The van der Waals surface area contributed by atoms with Crippen molar-refractivity contribution in [3.63, 3.8) is 0 Å². The third-order valence-electron chi connectivity index (χ3n) is 4.78. The van der Waals surface area contributed by atoms with Crippen molar-refractivity contribution in [1.82, 2.24) is 9.21 Å². The Hall–Kier alpha value is -2.72. The highest BCUT2D eigenvalue weighted by atomic mass is 32.2. The number of halogens is 2. The molecule has 30 heavy (non-hydrogen) atoms. The van der Waals surface area contributed by atoms with Crippen LogP contribution < -0.4 is 9.47 Å². The highest BCUT2D eigenvalue weighted by molar-refractivity contribution is 7.89. The van der Waals surface area contributed by atoms with Crippen LogP contribution in [0.15, 0.2) is 47.4 Å². The number of piperazine rings is 1. The number of hydrogen-bond donors (Lipinski definition) is 0. The number of nitrogens with zero attached hydrogens (tertiary/aromatic N) is 2. The minimum atomic E-state index is -4.20. The third-order valence-corrected chi connectivity index (χ3v) is 6.70. The van der Waals surface area contributed by atoms with Crippen LogP contribution in [0, 0.1) is 11.6 Å². The van der Waals surface area contributed by atoms with Gasteiger partial charge in [-0.05, 0) is 49.4 Å². The fourth-order valence-electron chi connectivity index (χ4n) is 3.13. The Bertz CT molecular complexity index is 1010. The first-order valence-electron chi connectivity index (χ1n) is 9.27. The fourth-order valence-corrected chi connectivity index (χ4v) is 4.63. The Kier molecular flexibility index (Phi) is 6.57. The van der Waals surface area contributed by atoms with Gasteiger partial charge < -0.3 is 14.4 Å². The molecule has 7 nitrogen and oxygen atoms in total. The van der Waals surface area contributed by atoms with Crippen LogP contribution in [0.25, 0.3) is 0 Å². The fraction of sp³-hybridized carbons (Fsp3) is 0.350. The summed E-state index contributed by atoms with van der Waals surface area (Å²) in [5.74, 6) is -0.989. The van der Waals surface area contributed by atoms with E-state index < -0.39 is 32.7 Å².